The monoisotopic (exact) mass is 761 g/mol. The molecule has 1 fully saturated rings. The minimum absolute atomic E-state index is 0.0813. The van der Waals surface area contributed by atoms with Gasteiger partial charge in [0, 0.05) is 26.2 Å². The van der Waals surface area contributed by atoms with Crippen molar-refractivity contribution in [1.82, 2.24) is 30.2 Å². The highest BCUT2D eigenvalue weighted by atomic mass is 16.8. The largest absolute Gasteiger partial charge is 0.532 e. The molecular formula is C41H43N7O8. The minimum atomic E-state index is -1.69. The van der Waals surface area contributed by atoms with Crippen LogP contribution < -0.4 is 19.6 Å². The van der Waals surface area contributed by atoms with Crippen LogP contribution in [-0.2, 0) is 27.5 Å². The summed E-state index contributed by atoms with van der Waals surface area (Å²) in [6.07, 6.45) is -0.303. The fourth-order valence-electron chi connectivity index (χ4n) is 6.65. The van der Waals surface area contributed by atoms with E-state index < -0.39 is 29.8 Å². The second kappa shape index (κ2) is 18.5. The molecule has 0 radical (unpaired) electrons. The summed E-state index contributed by atoms with van der Waals surface area (Å²) in [5.41, 5.74) is 1.72. The summed E-state index contributed by atoms with van der Waals surface area (Å²) in [5, 5.41) is 22.0. The van der Waals surface area contributed by atoms with E-state index >= 15 is 0 Å². The molecule has 1 saturated carbocycles. The number of tetrazole rings is 1. The average molecular weight is 762 g/mol. The Morgan fingerprint density at radius 3 is 1.66 bits per heavy atom. The predicted molar refractivity (Wildman–Crippen MR) is 203 cm³/mol. The Morgan fingerprint density at radius 2 is 1.18 bits per heavy atom. The summed E-state index contributed by atoms with van der Waals surface area (Å²) in [6, 6.07) is 33.7. The van der Waals surface area contributed by atoms with Crippen molar-refractivity contribution in [1.29, 1.82) is 0 Å². The number of hydrogen-bond acceptors (Lipinski definition) is 10. The third-order valence-electron chi connectivity index (χ3n) is 9.32. The predicted octanol–water partition coefficient (Wildman–Crippen LogP) is 6.43. The number of ether oxygens (including phenoxy) is 2. The normalized spacial score (nSPS) is 15.9. The number of benzene rings is 4. The van der Waals surface area contributed by atoms with Crippen LogP contribution >= 0.6 is 0 Å². The number of hydrogen-bond donors (Lipinski definition) is 2. The molecule has 0 bridgehead atoms. The number of amides is 3. The number of aromatic nitrogens is 4. The van der Waals surface area contributed by atoms with Crippen LogP contribution in [0.1, 0.15) is 44.2 Å². The van der Waals surface area contributed by atoms with Gasteiger partial charge in [-0.15, -0.1) is 0 Å². The van der Waals surface area contributed by atoms with Crippen LogP contribution in [0.4, 0.5) is 10.7 Å². The van der Waals surface area contributed by atoms with Crippen LogP contribution in [0.5, 0.6) is 23.0 Å². The second-order valence-corrected chi connectivity index (χ2v) is 13.3. The molecule has 3 atom stereocenters. The van der Waals surface area contributed by atoms with Gasteiger partial charge in [0.2, 0.25) is 17.7 Å². The minimum Gasteiger partial charge on any atom is -0.457 e. The van der Waals surface area contributed by atoms with E-state index in [9.17, 15) is 19.2 Å². The SMILES string of the molecule is CCCN(Cc1ccc(Oc2ccccc2)cc1)C(=O)[C@H]1[C@@H](C(=O)Nc2nnnn2OC(=O)O)C[C@@H]1C(=O)N(CCC)Cc1ccc(Oc2ccccc2)cc1. The summed E-state index contributed by atoms with van der Waals surface area (Å²) < 4.78 is 11.9. The molecule has 0 unspecified atom stereocenters. The standard InChI is InChI=1S/C41H43N7O8/c1-3-23-46(26-28-15-19-32(20-16-28)54-30-11-7-5-8-12-30)38(50)35-25-34(37(49)42-40-43-44-45-48(40)56-41(52)53)36(35)39(51)47(24-4-2)27-29-17-21-33(22-18-29)55-31-13-9-6-10-14-31/h5-22,34-36H,3-4,23-27H2,1-2H3,(H,52,53)(H,42,43,45,49)/t34-,35-,36-/m0/s1. The van der Waals surface area contributed by atoms with E-state index in [1.54, 1.807) is 9.80 Å². The fourth-order valence-corrected chi connectivity index (χ4v) is 6.65. The molecular weight excluding hydrogens is 718 g/mol. The van der Waals surface area contributed by atoms with Gasteiger partial charge in [0.1, 0.15) is 23.0 Å². The number of para-hydroxylation sites is 2. The lowest BCUT2D eigenvalue weighted by Crippen LogP contribution is -2.57. The molecule has 1 aliphatic rings. The van der Waals surface area contributed by atoms with Gasteiger partial charge in [0.25, 0.3) is 5.95 Å². The van der Waals surface area contributed by atoms with Gasteiger partial charge in [-0.1, -0.05) is 79.6 Å². The lowest BCUT2D eigenvalue weighted by atomic mass is 9.62. The Morgan fingerprint density at radius 1 is 0.696 bits per heavy atom. The van der Waals surface area contributed by atoms with Crippen LogP contribution in [0.15, 0.2) is 109 Å². The topological polar surface area (TPSA) is 178 Å². The van der Waals surface area contributed by atoms with E-state index in [-0.39, 0.29) is 30.7 Å². The molecule has 6 rings (SSSR count). The summed E-state index contributed by atoms with van der Waals surface area (Å²) >= 11 is 0. The Bertz CT molecular complexity index is 2080. The van der Waals surface area contributed by atoms with Crippen molar-refractivity contribution in [3.8, 4) is 23.0 Å². The molecule has 290 valence electrons. The number of nitrogens with zero attached hydrogens (tertiary/aromatic N) is 6. The molecule has 4 aromatic carbocycles. The number of nitrogens with one attached hydrogen (secondary N) is 1. The van der Waals surface area contributed by atoms with Crippen molar-refractivity contribution in [2.24, 2.45) is 17.8 Å². The molecule has 1 heterocycles. The van der Waals surface area contributed by atoms with E-state index in [4.69, 9.17) is 14.6 Å². The third-order valence-corrected chi connectivity index (χ3v) is 9.32. The van der Waals surface area contributed by atoms with Crippen LogP contribution in [-0.4, -0.2) is 72.2 Å². The van der Waals surface area contributed by atoms with Gasteiger partial charge >= 0.3 is 6.16 Å². The van der Waals surface area contributed by atoms with Gasteiger partial charge in [0.05, 0.1) is 17.8 Å². The molecule has 1 aliphatic carbocycles. The molecule has 15 heteroatoms. The van der Waals surface area contributed by atoms with Crippen molar-refractivity contribution in [2.45, 2.75) is 46.2 Å². The van der Waals surface area contributed by atoms with Gasteiger partial charge in [-0.2, -0.15) is 0 Å². The number of rotatable bonds is 17. The summed E-state index contributed by atoms with van der Waals surface area (Å²) in [4.78, 5) is 62.2. The third kappa shape index (κ3) is 9.85. The number of carbonyl (C=O) groups is 4. The molecule has 3 amide bonds. The molecule has 1 aromatic heterocycles. The van der Waals surface area contributed by atoms with Gasteiger partial charge in [0.15, 0.2) is 0 Å². The van der Waals surface area contributed by atoms with Crippen LogP contribution in [0.2, 0.25) is 0 Å². The first-order valence-electron chi connectivity index (χ1n) is 18.4. The zero-order chi connectivity index (χ0) is 39.4. The molecule has 5 aromatic rings. The molecule has 0 saturated heterocycles. The molecule has 0 spiro atoms. The smallest absolute Gasteiger partial charge is 0.457 e. The van der Waals surface area contributed by atoms with E-state index in [1.807, 2.05) is 123 Å². The number of anilines is 1. The molecule has 56 heavy (non-hydrogen) atoms. The summed E-state index contributed by atoms with van der Waals surface area (Å²) in [7, 11) is 0. The van der Waals surface area contributed by atoms with Gasteiger partial charge in [-0.25, -0.2) is 4.79 Å². The van der Waals surface area contributed by atoms with Crippen molar-refractivity contribution in [2.75, 3.05) is 18.4 Å². The Hall–Kier alpha value is -6.77. The first-order chi connectivity index (χ1) is 27.2. The van der Waals surface area contributed by atoms with Crippen molar-refractivity contribution >= 4 is 29.8 Å². The first-order valence-corrected chi connectivity index (χ1v) is 18.4. The van der Waals surface area contributed by atoms with E-state index in [0.29, 0.717) is 60.3 Å². The van der Waals surface area contributed by atoms with E-state index in [2.05, 4.69) is 25.7 Å². The molecule has 0 aliphatic heterocycles. The van der Waals surface area contributed by atoms with Gasteiger partial charge in [-0.3, -0.25) is 24.5 Å². The van der Waals surface area contributed by atoms with Crippen molar-refractivity contribution in [3.63, 3.8) is 0 Å². The maximum atomic E-state index is 14.6. The summed E-state index contributed by atoms with van der Waals surface area (Å²) in [6.45, 7) is 5.28. The van der Waals surface area contributed by atoms with Crippen LogP contribution in [0.3, 0.4) is 0 Å². The van der Waals surface area contributed by atoms with Crippen LogP contribution in [0, 0.1) is 17.8 Å². The first kappa shape index (κ1) is 38.9. The Balaban J connectivity index is 1.21. The average Bonchev–Trinajstić information content (AvgIpc) is 3.61. The van der Waals surface area contributed by atoms with Crippen molar-refractivity contribution in [3.05, 3.63) is 120 Å². The fraction of sp³-hybridized carbons (Fsp3) is 0.293. The number of carbonyl (C=O) groups excluding carboxylic acids is 3. The highest BCUT2D eigenvalue weighted by molar-refractivity contribution is 6.00. The lowest BCUT2D eigenvalue weighted by Gasteiger charge is -2.45. The van der Waals surface area contributed by atoms with Gasteiger partial charge < -0.3 is 24.4 Å². The molecule has 15 nitrogen and oxygen atoms in total. The second-order valence-electron chi connectivity index (χ2n) is 13.3. The highest BCUT2D eigenvalue weighted by Gasteiger charge is 2.54. The Kier molecular flexibility index (Phi) is 12.9. The quantitative estimate of drug-likeness (QED) is 0.0998. The lowest BCUT2D eigenvalue weighted by molar-refractivity contribution is -0.161. The Labute approximate surface area is 323 Å². The zero-order valence-corrected chi connectivity index (χ0v) is 31.1. The zero-order valence-electron chi connectivity index (χ0n) is 31.1. The maximum Gasteiger partial charge on any atom is 0.532 e. The van der Waals surface area contributed by atoms with E-state index in [0.717, 1.165) is 11.1 Å². The van der Waals surface area contributed by atoms with E-state index in [1.165, 1.54) is 0 Å². The summed E-state index contributed by atoms with van der Waals surface area (Å²) in [5.74, 6) is -1.66. The highest BCUT2D eigenvalue weighted by Crippen LogP contribution is 2.44. The molecule has 2 N–H and O–H groups in total. The number of carboxylic acid groups (broad SMARTS) is 1. The van der Waals surface area contributed by atoms with Gasteiger partial charge in [-0.05, 0) is 94.2 Å². The van der Waals surface area contributed by atoms with Crippen LogP contribution in [0.25, 0.3) is 0 Å². The maximum absolute atomic E-state index is 14.6. The van der Waals surface area contributed by atoms with Crippen molar-refractivity contribution < 1.29 is 38.6 Å².